The molecule has 0 aromatic heterocycles. The molecule has 0 radical (unpaired) electrons. The van der Waals surface area contributed by atoms with Crippen molar-refractivity contribution in [3.8, 4) is 0 Å². The van der Waals surface area contributed by atoms with Crippen molar-refractivity contribution < 1.29 is 14.3 Å². The van der Waals surface area contributed by atoms with E-state index >= 15 is 0 Å². The van der Waals surface area contributed by atoms with Crippen LogP contribution in [0.4, 0.5) is 5.69 Å². The lowest BCUT2D eigenvalue weighted by Gasteiger charge is -2.03. The second-order valence-electron chi connectivity index (χ2n) is 4.44. The molecule has 0 saturated carbocycles. The normalized spacial score (nSPS) is 10.5. The fourth-order valence-electron chi connectivity index (χ4n) is 1.74. The summed E-state index contributed by atoms with van der Waals surface area (Å²) >= 11 is 3.35. The van der Waals surface area contributed by atoms with Crippen molar-refractivity contribution in [2.24, 2.45) is 0 Å². The first-order chi connectivity index (χ1) is 10.6. The van der Waals surface area contributed by atoms with E-state index in [9.17, 15) is 9.59 Å². The molecule has 112 valence electrons. The third kappa shape index (κ3) is 4.56. The summed E-state index contributed by atoms with van der Waals surface area (Å²) in [6.45, 7) is 0. The number of hydrogen-bond acceptors (Lipinski definition) is 3. The van der Waals surface area contributed by atoms with Gasteiger partial charge in [-0.05, 0) is 48.0 Å². The van der Waals surface area contributed by atoms with Crippen LogP contribution in [0.25, 0.3) is 6.08 Å². The number of carbonyl (C=O) groups excluding carboxylic acids is 2. The molecule has 2 aromatic rings. The molecule has 0 aliphatic rings. The molecule has 0 spiro atoms. The Morgan fingerprint density at radius 3 is 2.27 bits per heavy atom. The summed E-state index contributed by atoms with van der Waals surface area (Å²) in [6, 6.07) is 14.1. The van der Waals surface area contributed by atoms with Gasteiger partial charge in [0, 0.05) is 16.2 Å². The predicted molar refractivity (Wildman–Crippen MR) is 89.6 cm³/mol. The summed E-state index contributed by atoms with van der Waals surface area (Å²) < 4.78 is 5.60. The lowest BCUT2D eigenvalue weighted by Crippen LogP contribution is -2.08. The largest absolute Gasteiger partial charge is 0.465 e. The van der Waals surface area contributed by atoms with Crippen LogP contribution >= 0.6 is 15.9 Å². The molecule has 1 amide bonds. The minimum Gasteiger partial charge on any atom is -0.465 e. The SMILES string of the molecule is COC(=O)c1ccc(NC(=O)/C=C\c2ccc(Br)cc2)cc1. The Balaban J connectivity index is 1.97. The van der Waals surface area contributed by atoms with Gasteiger partial charge in [0.05, 0.1) is 12.7 Å². The molecule has 22 heavy (non-hydrogen) atoms. The van der Waals surface area contributed by atoms with Crippen LogP contribution in [-0.4, -0.2) is 19.0 Å². The maximum absolute atomic E-state index is 11.8. The Kier molecular flexibility index (Phi) is 5.49. The van der Waals surface area contributed by atoms with Crippen molar-refractivity contribution >= 4 is 39.6 Å². The smallest absolute Gasteiger partial charge is 0.337 e. The highest BCUT2D eigenvalue weighted by molar-refractivity contribution is 9.10. The van der Waals surface area contributed by atoms with Crippen molar-refractivity contribution in [3.05, 3.63) is 70.2 Å². The molecule has 4 nitrogen and oxygen atoms in total. The van der Waals surface area contributed by atoms with Gasteiger partial charge in [-0.3, -0.25) is 4.79 Å². The van der Waals surface area contributed by atoms with Gasteiger partial charge in [-0.25, -0.2) is 4.79 Å². The summed E-state index contributed by atoms with van der Waals surface area (Å²) in [7, 11) is 1.32. The van der Waals surface area contributed by atoms with Crippen LogP contribution in [0.15, 0.2) is 59.1 Å². The summed E-state index contributed by atoms with van der Waals surface area (Å²) in [5, 5.41) is 2.72. The van der Waals surface area contributed by atoms with E-state index in [-0.39, 0.29) is 5.91 Å². The number of carbonyl (C=O) groups is 2. The summed E-state index contributed by atoms with van der Waals surface area (Å²) in [4.78, 5) is 23.1. The monoisotopic (exact) mass is 359 g/mol. The van der Waals surface area contributed by atoms with Crippen molar-refractivity contribution in [1.29, 1.82) is 0 Å². The maximum atomic E-state index is 11.8. The Hall–Kier alpha value is -2.40. The van der Waals surface area contributed by atoms with Crippen molar-refractivity contribution in [2.75, 3.05) is 12.4 Å². The van der Waals surface area contributed by atoms with Gasteiger partial charge in [0.15, 0.2) is 0 Å². The zero-order valence-corrected chi connectivity index (χ0v) is 13.5. The van der Waals surface area contributed by atoms with E-state index < -0.39 is 5.97 Å². The lowest BCUT2D eigenvalue weighted by molar-refractivity contribution is -0.111. The molecule has 2 aromatic carbocycles. The molecule has 0 atom stereocenters. The fraction of sp³-hybridized carbons (Fsp3) is 0.0588. The summed E-state index contributed by atoms with van der Waals surface area (Å²) in [6.07, 6.45) is 3.18. The molecular formula is C17H14BrNO3. The Bertz CT molecular complexity index is 691. The first-order valence-corrected chi connectivity index (χ1v) is 7.31. The number of esters is 1. The number of hydrogen-bond donors (Lipinski definition) is 1. The molecule has 0 aliphatic carbocycles. The van der Waals surface area contributed by atoms with Crippen LogP contribution in [0, 0.1) is 0 Å². The van der Waals surface area contributed by atoms with E-state index in [0.717, 1.165) is 10.0 Å². The van der Waals surface area contributed by atoms with E-state index in [2.05, 4.69) is 26.0 Å². The molecule has 0 saturated heterocycles. The highest BCUT2D eigenvalue weighted by atomic mass is 79.9. The van der Waals surface area contributed by atoms with Crippen LogP contribution in [0.2, 0.25) is 0 Å². The van der Waals surface area contributed by atoms with Crippen molar-refractivity contribution in [3.63, 3.8) is 0 Å². The zero-order valence-electron chi connectivity index (χ0n) is 11.9. The standard InChI is InChI=1S/C17H14BrNO3/c1-22-17(21)13-5-9-15(10-6-13)19-16(20)11-4-12-2-7-14(18)8-3-12/h2-11H,1H3,(H,19,20)/b11-4-. The van der Waals surface area contributed by atoms with Gasteiger partial charge in [-0.2, -0.15) is 0 Å². The van der Waals surface area contributed by atoms with Crippen LogP contribution in [0.5, 0.6) is 0 Å². The molecule has 1 N–H and O–H groups in total. The average molecular weight is 360 g/mol. The topological polar surface area (TPSA) is 55.4 Å². The van der Waals surface area contributed by atoms with Crippen LogP contribution in [0.1, 0.15) is 15.9 Å². The number of methoxy groups -OCH3 is 1. The highest BCUT2D eigenvalue weighted by Gasteiger charge is 2.05. The third-order valence-corrected chi connectivity index (χ3v) is 3.40. The number of nitrogens with one attached hydrogen (secondary N) is 1. The number of anilines is 1. The number of ether oxygens (including phenoxy) is 1. The van der Waals surface area contributed by atoms with Crippen LogP contribution < -0.4 is 5.32 Å². The van der Waals surface area contributed by atoms with Gasteiger partial charge >= 0.3 is 5.97 Å². The second-order valence-corrected chi connectivity index (χ2v) is 5.36. The quantitative estimate of drug-likeness (QED) is 0.665. The van der Waals surface area contributed by atoms with E-state index in [4.69, 9.17) is 0 Å². The van der Waals surface area contributed by atoms with Crippen molar-refractivity contribution in [2.45, 2.75) is 0 Å². The summed E-state index contributed by atoms with van der Waals surface area (Å²) in [5.41, 5.74) is 1.98. The molecule has 0 heterocycles. The van der Waals surface area contributed by atoms with Gasteiger partial charge in [0.25, 0.3) is 0 Å². The first-order valence-electron chi connectivity index (χ1n) is 6.51. The van der Waals surface area contributed by atoms with Crippen LogP contribution in [0.3, 0.4) is 0 Å². The molecule has 5 heteroatoms. The van der Waals surface area contributed by atoms with E-state index in [1.165, 1.54) is 13.2 Å². The van der Waals surface area contributed by atoms with Crippen LogP contribution in [-0.2, 0) is 9.53 Å². The predicted octanol–water partition coefficient (Wildman–Crippen LogP) is 3.89. The molecule has 2 rings (SSSR count). The molecule has 0 aliphatic heterocycles. The maximum Gasteiger partial charge on any atom is 0.337 e. The Labute approximate surface area is 136 Å². The molecule has 0 bridgehead atoms. The minimum atomic E-state index is -0.409. The second kappa shape index (κ2) is 7.56. The first kappa shape index (κ1) is 16.0. The van der Waals surface area contributed by atoms with Gasteiger partial charge < -0.3 is 10.1 Å². The Morgan fingerprint density at radius 2 is 1.68 bits per heavy atom. The number of benzene rings is 2. The van der Waals surface area contributed by atoms with Gasteiger partial charge in [-0.1, -0.05) is 28.1 Å². The van der Waals surface area contributed by atoms with E-state index in [0.29, 0.717) is 11.3 Å². The van der Waals surface area contributed by atoms with E-state index in [1.54, 1.807) is 30.3 Å². The fourth-order valence-corrected chi connectivity index (χ4v) is 2.00. The molecule has 0 unspecified atom stereocenters. The Morgan fingerprint density at radius 1 is 1.05 bits per heavy atom. The van der Waals surface area contributed by atoms with E-state index in [1.807, 2.05) is 24.3 Å². The number of rotatable bonds is 4. The average Bonchev–Trinajstić information content (AvgIpc) is 2.54. The number of halogens is 1. The van der Waals surface area contributed by atoms with Gasteiger partial charge in [0.1, 0.15) is 0 Å². The summed E-state index contributed by atoms with van der Waals surface area (Å²) in [5.74, 6) is -0.651. The zero-order chi connectivity index (χ0) is 15.9. The molecule has 0 fully saturated rings. The molecular weight excluding hydrogens is 346 g/mol. The minimum absolute atomic E-state index is 0.242. The van der Waals surface area contributed by atoms with Gasteiger partial charge in [-0.15, -0.1) is 0 Å². The lowest BCUT2D eigenvalue weighted by atomic mass is 10.2. The van der Waals surface area contributed by atoms with Crippen molar-refractivity contribution in [1.82, 2.24) is 0 Å². The number of amides is 1. The third-order valence-electron chi connectivity index (χ3n) is 2.87. The van der Waals surface area contributed by atoms with Gasteiger partial charge in [0.2, 0.25) is 5.91 Å². The highest BCUT2D eigenvalue weighted by Crippen LogP contribution is 2.13.